The first kappa shape index (κ1) is 11.9. The monoisotopic (exact) mass is 309 g/mol. The molecule has 2 nitrogen and oxygen atoms in total. The lowest BCUT2D eigenvalue weighted by Crippen LogP contribution is -2.33. The Balaban J connectivity index is 2.08. The van der Waals surface area contributed by atoms with Gasteiger partial charge in [0.05, 0.1) is 6.10 Å². The van der Waals surface area contributed by atoms with Crippen molar-refractivity contribution in [1.82, 2.24) is 5.32 Å². The van der Waals surface area contributed by atoms with Gasteiger partial charge in [-0.2, -0.15) is 0 Å². The van der Waals surface area contributed by atoms with Crippen LogP contribution in [0.2, 0.25) is 4.34 Å². The van der Waals surface area contributed by atoms with Gasteiger partial charge in [-0.1, -0.05) is 11.6 Å². The summed E-state index contributed by atoms with van der Waals surface area (Å²) in [5, 5.41) is 13.5. The van der Waals surface area contributed by atoms with Gasteiger partial charge in [0.15, 0.2) is 0 Å². The average molecular weight is 311 g/mol. The van der Waals surface area contributed by atoms with Crippen molar-refractivity contribution < 1.29 is 5.11 Å². The predicted molar refractivity (Wildman–Crippen MR) is 67.6 cm³/mol. The van der Waals surface area contributed by atoms with Gasteiger partial charge in [-0.3, -0.25) is 0 Å². The topological polar surface area (TPSA) is 32.3 Å². The molecule has 2 atom stereocenters. The zero-order valence-electron chi connectivity index (χ0n) is 8.17. The van der Waals surface area contributed by atoms with E-state index in [1.165, 1.54) is 11.3 Å². The summed E-state index contributed by atoms with van der Waals surface area (Å²) in [7, 11) is 0. The molecular weight excluding hydrogens is 298 g/mol. The number of thiophene rings is 1. The number of rotatable bonds is 2. The number of hydrogen-bond acceptors (Lipinski definition) is 3. The van der Waals surface area contributed by atoms with Crippen LogP contribution in [0.5, 0.6) is 0 Å². The highest BCUT2D eigenvalue weighted by Crippen LogP contribution is 2.38. The van der Waals surface area contributed by atoms with E-state index < -0.39 is 0 Å². The minimum atomic E-state index is -0.383. The number of halogens is 2. The van der Waals surface area contributed by atoms with Crippen LogP contribution in [0.15, 0.2) is 10.5 Å². The number of aliphatic hydroxyl groups is 1. The van der Waals surface area contributed by atoms with E-state index in [1.54, 1.807) is 0 Å². The van der Waals surface area contributed by atoms with Gasteiger partial charge in [-0.05, 0) is 41.4 Å². The molecule has 0 aliphatic carbocycles. The molecule has 84 valence electrons. The number of hydrogen-bond donors (Lipinski definition) is 2. The molecule has 5 heteroatoms. The van der Waals surface area contributed by atoms with Crippen LogP contribution in [0.1, 0.15) is 23.8 Å². The third kappa shape index (κ3) is 2.74. The molecule has 1 aromatic rings. The third-order valence-corrected chi connectivity index (χ3v) is 5.28. The summed E-state index contributed by atoms with van der Waals surface area (Å²) in [6.45, 7) is 1.96. The zero-order chi connectivity index (χ0) is 10.8. The van der Waals surface area contributed by atoms with Crippen LogP contribution >= 0.6 is 38.9 Å². The van der Waals surface area contributed by atoms with Crippen molar-refractivity contribution in [2.24, 2.45) is 5.92 Å². The molecule has 2 unspecified atom stereocenters. The summed E-state index contributed by atoms with van der Waals surface area (Å²) in [5.41, 5.74) is 0. The Hall–Kier alpha value is 0.390. The number of nitrogens with one attached hydrogen (secondary N) is 1. The second-order valence-electron chi connectivity index (χ2n) is 3.82. The van der Waals surface area contributed by atoms with Gasteiger partial charge in [-0.15, -0.1) is 11.3 Å². The lowest BCUT2D eigenvalue weighted by Gasteiger charge is -2.26. The predicted octanol–water partition coefficient (Wildman–Crippen LogP) is 3.20. The normalized spacial score (nSPS) is 24.1. The average Bonchev–Trinajstić information content (AvgIpc) is 2.59. The first-order valence-electron chi connectivity index (χ1n) is 5.02. The van der Waals surface area contributed by atoms with E-state index in [-0.39, 0.29) is 6.10 Å². The van der Waals surface area contributed by atoms with E-state index >= 15 is 0 Å². The van der Waals surface area contributed by atoms with Crippen molar-refractivity contribution in [3.63, 3.8) is 0 Å². The van der Waals surface area contributed by atoms with Crippen LogP contribution in [-0.4, -0.2) is 18.2 Å². The molecule has 1 aliphatic heterocycles. The fourth-order valence-corrected chi connectivity index (χ4v) is 3.71. The third-order valence-electron chi connectivity index (χ3n) is 2.74. The Morgan fingerprint density at radius 3 is 3.00 bits per heavy atom. The van der Waals surface area contributed by atoms with Crippen LogP contribution in [0.4, 0.5) is 0 Å². The summed E-state index contributed by atoms with van der Waals surface area (Å²) in [6.07, 6.45) is 1.84. The van der Waals surface area contributed by atoms with Crippen molar-refractivity contribution in [3.05, 3.63) is 19.8 Å². The highest BCUT2D eigenvalue weighted by Gasteiger charge is 2.24. The lowest BCUT2D eigenvalue weighted by molar-refractivity contribution is 0.0953. The first-order chi connectivity index (χ1) is 7.18. The van der Waals surface area contributed by atoms with Gasteiger partial charge >= 0.3 is 0 Å². The first-order valence-corrected chi connectivity index (χ1v) is 7.00. The molecule has 0 bridgehead atoms. The van der Waals surface area contributed by atoms with Crippen LogP contribution in [0, 0.1) is 5.92 Å². The summed E-state index contributed by atoms with van der Waals surface area (Å²) in [5.74, 6) is 0.320. The van der Waals surface area contributed by atoms with Crippen molar-refractivity contribution in [3.8, 4) is 0 Å². The molecule has 2 N–H and O–H groups in total. The van der Waals surface area contributed by atoms with Crippen LogP contribution in [-0.2, 0) is 0 Å². The van der Waals surface area contributed by atoms with E-state index in [1.807, 2.05) is 6.07 Å². The lowest BCUT2D eigenvalue weighted by atomic mass is 9.93. The van der Waals surface area contributed by atoms with E-state index in [2.05, 4.69) is 21.2 Å². The molecule has 2 rings (SSSR count). The molecule has 1 aromatic heterocycles. The van der Waals surface area contributed by atoms with E-state index in [0.717, 1.165) is 35.3 Å². The molecule has 2 heterocycles. The Labute approximate surface area is 107 Å². The molecule has 1 saturated heterocycles. The van der Waals surface area contributed by atoms with E-state index in [9.17, 15) is 5.11 Å². The SMILES string of the molecule is OC(c1cc(Br)c(Cl)s1)C1CCCNC1. The summed E-state index contributed by atoms with van der Waals surface area (Å²) >= 11 is 10.8. The van der Waals surface area contributed by atoms with Gasteiger partial charge < -0.3 is 10.4 Å². The Kier molecular flexibility index (Phi) is 4.07. The standard InChI is InChI=1S/C10H13BrClNOS/c11-7-4-8(15-10(7)12)9(14)6-2-1-3-13-5-6/h4,6,9,13-14H,1-3,5H2. The van der Waals surface area contributed by atoms with Crippen LogP contribution in [0.25, 0.3) is 0 Å². The van der Waals surface area contributed by atoms with Crippen LogP contribution < -0.4 is 5.32 Å². The molecule has 0 saturated carbocycles. The maximum atomic E-state index is 10.2. The van der Waals surface area contributed by atoms with Crippen molar-refractivity contribution in [1.29, 1.82) is 0 Å². The van der Waals surface area contributed by atoms with Crippen molar-refractivity contribution in [2.75, 3.05) is 13.1 Å². The number of piperidine rings is 1. The van der Waals surface area contributed by atoms with Gasteiger partial charge in [-0.25, -0.2) is 0 Å². The fraction of sp³-hybridized carbons (Fsp3) is 0.600. The molecule has 0 aromatic carbocycles. The zero-order valence-corrected chi connectivity index (χ0v) is 11.3. The quantitative estimate of drug-likeness (QED) is 0.879. The molecule has 1 aliphatic rings. The van der Waals surface area contributed by atoms with Crippen molar-refractivity contribution >= 4 is 38.9 Å². The Morgan fingerprint density at radius 1 is 1.67 bits per heavy atom. The highest BCUT2D eigenvalue weighted by atomic mass is 79.9. The summed E-state index contributed by atoms with van der Waals surface area (Å²) < 4.78 is 1.60. The molecule has 0 spiro atoms. The second kappa shape index (κ2) is 5.15. The van der Waals surface area contributed by atoms with E-state index in [4.69, 9.17) is 11.6 Å². The van der Waals surface area contributed by atoms with E-state index in [0.29, 0.717) is 10.3 Å². The summed E-state index contributed by atoms with van der Waals surface area (Å²) in [6, 6.07) is 1.92. The smallest absolute Gasteiger partial charge is 0.107 e. The Bertz CT molecular complexity index is 319. The van der Waals surface area contributed by atoms with Crippen molar-refractivity contribution in [2.45, 2.75) is 18.9 Å². The largest absolute Gasteiger partial charge is 0.387 e. The Morgan fingerprint density at radius 2 is 2.47 bits per heavy atom. The molecule has 0 amide bonds. The molecule has 1 fully saturated rings. The second-order valence-corrected chi connectivity index (χ2v) is 6.36. The fourth-order valence-electron chi connectivity index (χ4n) is 1.89. The van der Waals surface area contributed by atoms with Gasteiger partial charge in [0, 0.05) is 21.8 Å². The molecular formula is C10H13BrClNOS. The summed E-state index contributed by atoms with van der Waals surface area (Å²) in [4.78, 5) is 0.959. The maximum Gasteiger partial charge on any atom is 0.107 e. The minimum absolute atomic E-state index is 0.320. The number of aliphatic hydroxyl groups excluding tert-OH is 1. The van der Waals surface area contributed by atoms with Gasteiger partial charge in [0.1, 0.15) is 4.34 Å². The minimum Gasteiger partial charge on any atom is -0.387 e. The molecule has 15 heavy (non-hydrogen) atoms. The van der Waals surface area contributed by atoms with Gasteiger partial charge in [0.25, 0.3) is 0 Å². The van der Waals surface area contributed by atoms with Crippen LogP contribution in [0.3, 0.4) is 0 Å². The maximum absolute atomic E-state index is 10.2. The highest BCUT2D eigenvalue weighted by molar-refractivity contribution is 9.10. The van der Waals surface area contributed by atoms with Gasteiger partial charge in [0.2, 0.25) is 0 Å². The molecule has 0 radical (unpaired) electrons.